The summed E-state index contributed by atoms with van der Waals surface area (Å²) in [4.78, 5) is 0. The van der Waals surface area contributed by atoms with E-state index in [1.165, 1.54) is 0 Å². The molecule has 0 bridgehead atoms. The highest BCUT2D eigenvalue weighted by atomic mass is 32.2. The predicted molar refractivity (Wildman–Crippen MR) is 47.2 cm³/mol. The Morgan fingerprint density at radius 1 is 1.58 bits per heavy atom. The number of aliphatic hydroxyl groups excluding tert-OH is 1. The molecule has 0 saturated carbocycles. The van der Waals surface area contributed by atoms with Crippen LogP contribution in [0.3, 0.4) is 0 Å². The Balaban J connectivity index is 2.64. The lowest BCUT2D eigenvalue weighted by Crippen LogP contribution is -2.45. The Labute approximate surface area is 74.8 Å². The van der Waals surface area contributed by atoms with Gasteiger partial charge in [-0.3, -0.25) is 11.1 Å². The van der Waals surface area contributed by atoms with E-state index in [4.69, 9.17) is 11.1 Å². The second-order valence-corrected chi connectivity index (χ2v) is 6.17. The summed E-state index contributed by atoms with van der Waals surface area (Å²) in [6.45, 7) is 0. The first-order chi connectivity index (χ1) is 5.41. The number of amidine groups is 1. The molecule has 0 amide bonds. The van der Waals surface area contributed by atoms with Gasteiger partial charge in [-0.2, -0.15) is 0 Å². The molecule has 1 aliphatic rings. The zero-order valence-corrected chi connectivity index (χ0v) is 7.94. The predicted octanol–water partition coefficient (Wildman–Crippen LogP) is -3.05. The average molecular weight is 211 g/mol. The molecule has 2 atom stereocenters. The minimum atomic E-state index is -3.09. The largest absolute Gasteiger partial charge is 0.391 e. The molecular weight excluding hydrogens is 200 g/mol. The van der Waals surface area contributed by atoms with Crippen molar-refractivity contribution < 1.29 is 18.9 Å². The molecule has 5 nitrogen and oxygen atoms in total. The van der Waals surface area contributed by atoms with Crippen molar-refractivity contribution in [3.8, 4) is 0 Å². The summed E-state index contributed by atoms with van der Waals surface area (Å²) >= 11 is 1.02. The van der Waals surface area contributed by atoms with E-state index < -0.39 is 21.2 Å². The topological polar surface area (TPSA) is 106 Å². The van der Waals surface area contributed by atoms with Crippen LogP contribution in [0.5, 0.6) is 0 Å². The van der Waals surface area contributed by atoms with Crippen molar-refractivity contribution >= 4 is 26.8 Å². The third kappa shape index (κ3) is 2.36. The molecule has 7 heteroatoms. The summed E-state index contributed by atoms with van der Waals surface area (Å²) in [5.41, 5.74) is 5.17. The summed E-state index contributed by atoms with van der Waals surface area (Å²) < 4.78 is 21.9. The van der Waals surface area contributed by atoms with Crippen molar-refractivity contribution in [2.75, 3.05) is 11.5 Å². The Hall–Kier alpha value is -0.270. The van der Waals surface area contributed by atoms with Gasteiger partial charge in [-0.25, -0.2) is 8.42 Å². The SMILES string of the molecule is NC(=[NH2+])SC1CS(=O)(=O)CC1O. The lowest BCUT2D eigenvalue weighted by Gasteiger charge is -2.06. The van der Waals surface area contributed by atoms with Crippen molar-refractivity contribution in [2.24, 2.45) is 5.73 Å². The van der Waals surface area contributed by atoms with Gasteiger partial charge in [-0.15, -0.1) is 0 Å². The average Bonchev–Trinajstić information content (AvgIpc) is 2.03. The van der Waals surface area contributed by atoms with Gasteiger partial charge in [0, 0.05) is 0 Å². The first-order valence-electron chi connectivity index (χ1n) is 3.34. The highest BCUT2D eigenvalue weighted by molar-refractivity contribution is 8.14. The van der Waals surface area contributed by atoms with Crippen LogP contribution in [-0.4, -0.2) is 41.6 Å². The summed E-state index contributed by atoms with van der Waals surface area (Å²) in [6.07, 6.45) is -0.845. The van der Waals surface area contributed by atoms with E-state index in [-0.39, 0.29) is 16.7 Å². The van der Waals surface area contributed by atoms with Crippen LogP contribution in [0.2, 0.25) is 0 Å². The van der Waals surface area contributed by atoms with Gasteiger partial charge in [0.05, 0.1) is 22.9 Å². The van der Waals surface area contributed by atoms with E-state index in [0.29, 0.717) is 0 Å². The second kappa shape index (κ2) is 3.23. The lowest BCUT2D eigenvalue weighted by atomic mass is 10.3. The van der Waals surface area contributed by atoms with Crippen molar-refractivity contribution in [3.05, 3.63) is 0 Å². The number of aliphatic hydroxyl groups is 1. The van der Waals surface area contributed by atoms with Gasteiger partial charge < -0.3 is 5.11 Å². The van der Waals surface area contributed by atoms with Crippen LogP contribution in [0.15, 0.2) is 0 Å². The molecule has 12 heavy (non-hydrogen) atoms. The van der Waals surface area contributed by atoms with Crippen LogP contribution in [0.4, 0.5) is 0 Å². The number of sulfone groups is 1. The maximum Gasteiger partial charge on any atom is 0.300 e. The molecule has 1 aliphatic heterocycles. The number of nitrogens with two attached hydrogens (primary N) is 2. The first-order valence-corrected chi connectivity index (χ1v) is 6.04. The highest BCUT2D eigenvalue weighted by Crippen LogP contribution is 2.23. The Bertz CT molecular complexity index is 287. The van der Waals surface area contributed by atoms with Gasteiger partial charge in [0.25, 0.3) is 5.17 Å². The van der Waals surface area contributed by atoms with Crippen molar-refractivity contribution in [3.63, 3.8) is 0 Å². The molecular formula is C5H11N2O3S2+. The maximum absolute atomic E-state index is 11.0. The monoisotopic (exact) mass is 211 g/mol. The maximum atomic E-state index is 11.0. The molecule has 70 valence electrons. The van der Waals surface area contributed by atoms with Gasteiger partial charge >= 0.3 is 0 Å². The molecule has 2 unspecified atom stereocenters. The van der Waals surface area contributed by atoms with E-state index >= 15 is 0 Å². The molecule has 1 fully saturated rings. The normalized spacial score (nSPS) is 33.4. The molecule has 0 aromatic rings. The van der Waals surface area contributed by atoms with Crippen molar-refractivity contribution in [1.82, 2.24) is 0 Å². The smallest absolute Gasteiger partial charge is 0.300 e. The van der Waals surface area contributed by atoms with Crippen LogP contribution < -0.4 is 11.1 Å². The molecule has 0 spiro atoms. The third-order valence-corrected chi connectivity index (χ3v) is 4.54. The molecule has 1 rings (SSSR count). The molecule has 5 N–H and O–H groups in total. The van der Waals surface area contributed by atoms with E-state index in [1.807, 2.05) is 0 Å². The molecule has 1 saturated heterocycles. The fourth-order valence-electron chi connectivity index (χ4n) is 1.08. The van der Waals surface area contributed by atoms with Crippen molar-refractivity contribution in [1.29, 1.82) is 0 Å². The third-order valence-electron chi connectivity index (χ3n) is 1.56. The van der Waals surface area contributed by atoms with Crippen LogP contribution in [-0.2, 0) is 9.84 Å². The van der Waals surface area contributed by atoms with E-state index in [2.05, 4.69) is 0 Å². The molecule has 0 aromatic carbocycles. The van der Waals surface area contributed by atoms with E-state index in [9.17, 15) is 13.5 Å². The Morgan fingerprint density at radius 2 is 2.17 bits per heavy atom. The van der Waals surface area contributed by atoms with Crippen LogP contribution in [0, 0.1) is 0 Å². The van der Waals surface area contributed by atoms with Crippen molar-refractivity contribution in [2.45, 2.75) is 11.4 Å². The second-order valence-electron chi connectivity index (χ2n) is 2.70. The quantitative estimate of drug-likeness (QED) is 0.316. The van der Waals surface area contributed by atoms with Crippen LogP contribution >= 0.6 is 11.8 Å². The van der Waals surface area contributed by atoms with E-state index in [1.54, 1.807) is 0 Å². The molecule has 1 heterocycles. The number of hydrogen-bond donors (Lipinski definition) is 3. The minimum Gasteiger partial charge on any atom is -0.391 e. The summed E-state index contributed by atoms with van der Waals surface area (Å²) in [7, 11) is -3.09. The number of thioether (sulfide) groups is 1. The fraction of sp³-hybridized carbons (Fsp3) is 0.800. The first kappa shape index (κ1) is 9.82. The van der Waals surface area contributed by atoms with Crippen LogP contribution in [0.1, 0.15) is 0 Å². The van der Waals surface area contributed by atoms with Gasteiger partial charge in [0.15, 0.2) is 9.84 Å². The summed E-state index contributed by atoms with van der Waals surface area (Å²) in [6, 6.07) is 0. The number of hydrogen-bond acceptors (Lipinski definition) is 4. The van der Waals surface area contributed by atoms with Gasteiger partial charge in [-0.05, 0) is 11.8 Å². The zero-order chi connectivity index (χ0) is 9.35. The number of rotatable bonds is 1. The van der Waals surface area contributed by atoms with Gasteiger partial charge in [0.2, 0.25) is 0 Å². The van der Waals surface area contributed by atoms with Gasteiger partial charge in [0.1, 0.15) is 0 Å². The summed E-state index contributed by atoms with van der Waals surface area (Å²) in [5, 5.41) is 14.1. The summed E-state index contributed by atoms with van der Waals surface area (Å²) in [5.74, 6) is -0.228. The lowest BCUT2D eigenvalue weighted by molar-refractivity contribution is -0.110. The minimum absolute atomic E-state index is 0.0449. The standard InChI is InChI=1S/C5H10N2O3S2/c6-5(7)11-4-2-12(9,10)1-3(4)8/h3-4,8H,1-2H2,(H3,6,7)/p+1. The fourth-order valence-corrected chi connectivity index (χ4v) is 4.31. The van der Waals surface area contributed by atoms with Gasteiger partial charge in [-0.1, -0.05) is 0 Å². The highest BCUT2D eigenvalue weighted by Gasteiger charge is 2.38. The molecule has 0 aromatic heterocycles. The van der Waals surface area contributed by atoms with Crippen LogP contribution in [0.25, 0.3) is 0 Å². The Morgan fingerprint density at radius 3 is 2.50 bits per heavy atom. The molecule has 0 radical (unpaired) electrons. The van der Waals surface area contributed by atoms with E-state index in [0.717, 1.165) is 11.8 Å². The molecule has 0 aliphatic carbocycles. The Kier molecular flexibility index (Phi) is 2.64. The zero-order valence-electron chi connectivity index (χ0n) is 6.30.